The minimum atomic E-state index is -0.949. The van der Waals surface area contributed by atoms with E-state index >= 15 is 0 Å². The normalized spacial score (nSPS) is 12.3. The van der Waals surface area contributed by atoms with Crippen molar-refractivity contribution in [2.45, 2.75) is 45.3 Å². The predicted octanol–water partition coefficient (Wildman–Crippen LogP) is 2.36. The summed E-state index contributed by atoms with van der Waals surface area (Å²) in [5, 5.41) is 13.0. The zero-order valence-electron chi connectivity index (χ0n) is 13.6. The molecule has 126 valence electrons. The lowest BCUT2D eigenvalue weighted by Crippen LogP contribution is -2.45. The molecular weight excluding hydrogens is 300 g/mol. The first-order chi connectivity index (χ1) is 10.7. The van der Waals surface area contributed by atoms with Crippen molar-refractivity contribution in [1.82, 2.24) is 5.32 Å². The SMILES string of the molecule is CC(C)(C)OC(=O)NC(CCc1ccccc1)C(=O)C[N+](=O)[O-]. The number of rotatable bonds is 7. The summed E-state index contributed by atoms with van der Waals surface area (Å²) in [6, 6.07) is 8.44. The molecule has 0 spiro atoms. The number of benzene rings is 1. The van der Waals surface area contributed by atoms with Crippen LogP contribution in [0.15, 0.2) is 30.3 Å². The molecule has 0 saturated heterocycles. The van der Waals surface area contributed by atoms with E-state index in [9.17, 15) is 19.7 Å². The Morgan fingerprint density at radius 1 is 1.26 bits per heavy atom. The van der Waals surface area contributed by atoms with Gasteiger partial charge in [0.2, 0.25) is 5.78 Å². The number of carbonyl (C=O) groups excluding carboxylic acids is 2. The molecule has 7 nitrogen and oxygen atoms in total. The Bertz CT molecular complexity index is 551. The van der Waals surface area contributed by atoms with Crippen LogP contribution < -0.4 is 5.32 Å². The average molecular weight is 322 g/mol. The van der Waals surface area contributed by atoms with E-state index in [-0.39, 0.29) is 6.42 Å². The van der Waals surface area contributed by atoms with Crippen molar-refractivity contribution in [3.05, 3.63) is 46.0 Å². The van der Waals surface area contributed by atoms with E-state index < -0.39 is 35.0 Å². The van der Waals surface area contributed by atoms with Crippen LogP contribution in [0.4, 0.5) is 4.79 Å². The van der Waals surface area contributed by atoms with Crippen LogP contribution in [0, 0.1) is 10.1 Å². The maximum Gasteiger partial charge on any atom is 0.408 e. The molecule has 0 heterocycles. The molecule has 23 heavy (non-hydrogen) atoms. The molecule has 0 radical (unpaired) electrons. The molecule has 1 N–H and O–H groups in total. The topological polar surface area (TPSA) is 98.5 Å². The molecule has 1 unspecified atom stereocenters. The van der Waals surface area contributed by atoms with Gasteiger partial charge >= 0.3 is 6.09 Å². The molecule has 1 rings (SSSR count). The summed E-state index contributed by atoms with van der Waals surface area (Å²) in [6.07, 6.45) is 0.0352. The number of amides is 1. The number of nitrogens with one attached hydrogen (secondary N) is 1. The van der Waals surface area contributed by atoms with Crippen LogP contribution in [0.5, 0.6) is 0 Å². The van der Waals surface area contributed by atoms with E-state index in [0.29, 0.717) is 6.42 Å². The van der Waals surface area contributed by atoms with Crippen molar-refractivity contribution in [2.75, 3.05) is 6.54 Å². The number of nitro groups is 1. The third-order valence-corrected chi connectivity index (χ3v) is 2.93. The summed E-state index contributed by atoms with van der Waals surface area (Å²) >= 11 is 0. The van der Waals surface area contributed by atoms with E-state index in [1.807, 2.05) is 30.3 Å². The highest BCUT2D eigenvalue weighted by molar-refractivity contribution is 5.88. The monoisotopic (exact) mass is 322 g/mol. The van der Waals surface area contributed by atoms with Gasteiger partial charge in [-0.15, -0.1) is 0 Å². The number of Topliss-reactive ketones (excluding diaryl/α,β-unsaturated/α-hetero) is 1. The highest BCUT2D eigenvalue weighted by atomic mass is 16.6. The number of aryl methyl sites for hydroxylation is 1. The predicted molar refractivity (Wildman–Crippen MR) is 84.8 cm³/mol. The van der Waals surface area contributed by atoms with Crippen molar-refractivity contribution < 1.29 is 19.2 Å². The van der Waals surface area contributed by atoms with Gasteiger partial charge in [0.1, 0.15) is 5.60 Å². The van der Waals surface area contributed by atoms with Gasteiger partial charge in [-0.2, -0.15) is 0 Å². The Hall–Kier alpha value is -2.44. The van der Waals surface area contributed by atoms with Crippen molar-refractivity contribution in [3.63, 3.8) is 0 Å². The van der Waals surface area contributed by atoms with Crippen LogP contribution in [0.3, 0.4) is 0 Å². The van der Waals surface area contributed by atoms with Gasteiger partial charge < -0.3 is 10.1 Å². The molecule has 0 aliphatic rings. The fraction of sp³-hybridized carbons (Fsp3) is 0.500. The number of hydrogen-bond donors (Lipinski definition) is 1. The highest BCUT2D eigenvalue weighted by Gasteiger charge is 2.26. The summed E-state index contributed by atoms with van der Waals surface area (Å²) in [6.45, 7) is 4.27. The van der Waals surface area contributed by atoms with Crippen LogP contribution in [0.25, 0.3) is 0 Å². The second kappa shape index (κ2) is 8.26. The Morgan fingerprint density at radius 3 is 2.39 bits per heavy atom. The lowest BCUT2D eigenvalue weighted by Gasteiger charge is -2.22. The summed E-state index contributed by atoms with van der Waals surface area (Å²) < 4.78 is 5.10. The number of alkyl carbamates (subject to hydrolysis) is 1. The maximum absolute atomic E-state index is 12.0. The van der Waals surface area contributed by atoms with Crippen LogP contribution in [-0.4, -0.2) is 35.0 Å². The molecule has 0 aromatic heterocycles. The average Bonchev–Trinajstić information content (AvgIpc) is 2.41. The molecule has 1 atom stereocenters. The Morgan fingerprint density at radius 2 is 1.87 bits per heavy atom. The van der Waals surface area contributed by atoms with Crippen molar-refractivity contribution in [1.29, 1.82) is 0 Å². The van der Waals surface area contributed by atoms with E-state index in [1.165, 1.54) is 0 Å². The van der Waals surface area contributed by atoms with Gasteiger partial charge in [-0.1, -0.05) is 30.3 Å². The van der Waals surface area contributed by atoms with Gasteiger partial charge in [0, 0.05) is 4.92 Å². The van der Waals surface area contributed by atoms with Crippen molar-refractivity contribution in [2.24, 2.45) is 0 Å². The molecule has 0 fully saturated rings. The zero-order chi connectivity index (χ0) is 17.5. The molecule has 0 saturated carbocycles. The lowest BCUT2D eigenvalue weighted by atomic mass is 10.0. The van der Waals surface area contributed by atoms with Gasteiger partial charge in [-0.25, -0.2) is 4.79 Å². The minimum Gasteiger partial charge on any atom is -0.444 e. The Balaban J connectivity index is 2.70. The van der Waals surface area contributed by atoms with Gasteiger partial charge in [0.15, 0.2) is 0 Å². The summed E-state index contributed by atoms with van der Waals surface area (Å²) in [7, 11) is 0. The lowest BCUT2D eigenvalue weighted by molar-refractivity contribution is -0.467. The van der Waals surface area contributed by atoms with Crippen LogP contribution >= 0.6 is 0 Å². The van der Waals surface area contributed by atoms with Crippen LogP contribution in [0.2, 0.25) is 0 Å². The van der Waals surface area contributed by atoms with E-state index in [1.54, 1.807) is 20.8 Å². The highest BCUT2D eigenvalue weighted by Crippen LogP contribution is 2.09. The number of hydrogen-bond acceptors (Lipinski definition) is 5. The summed E-state index contributed by atoms with van der Waals surface area (Å²) in [4.78, 5) is 33.6. The van der Waals surface area contributed by atoms with Crippen molar-refractivity contribution in [3.8, 4) is 0 Å². The second-order valence-corrected chi connectivity index (χ2v) is 6.18. The first-order valence-electron chi connectivity index (χ1n) is 7.35. The molecular formula is C16H22N2O5. The molecule has 1 aromatic carbocycles. The third kappa shape index (κ3) is 7.94. The quantitative estimate of drug-likeness (QED) is 0.613. The number of ether oxygens (including phenoxy) is 1. The number of carbonyl (C=O) groups is 2. The fourth-order valence-corrected chi connectivity index (χ4v) is 1.96. The largest absolute Gasteiger partial charge is 0.444 e. The summed E-state index contributed by atoms with van der Waals surface area (Å²) in [5.41, 5.74) is 0.276. The van der Waals surface area contributed by atoms with Gasteiger partial charge in [-0.3, -0.25) is 14.9 Å². The third-order valence-electron chi connectivity index (χ3n) is 2.93. The smallest absolute Gasteiger partial charge is 0.408 e. The van der Waals surface area contributed by atoms with Crippen molar-refractivity contribution >= 4 is 11.9 Å². The molecule has 0 aliphatic heterocycles. The van der Waals surface area contributed by atoms with Gasteiger partial charge in [0.05, 0.1) is 6.04 Å². The minimum absolute atomic E-state index is 0.274. The van der Waals surface area contributed by atoms with Gasteiger partial charge in [-0.05, 0) is 39.2 Å². The summed E-state index contributed by atoms with van der Waals surface area (Å²) in [5.74, 6) is -0.642. The maximum atomic E-state index is 12.0. The number of nitrogens with zero attached hydrogens (tertiary/aromatic N) is 1. The molecule has 1 aromatic rings. The molecule has 0 bridgehead atoms. The van der Waals surface area contributed by atoms with E-state index in [2.05, 4.69) is 5.32 Å². The van der Waals surface area contributed by atoms with E-state index in [4.69, 9.17) is 4.74 Å². The van der Waals surface area contributed by atoms with E-state index in [0.717, 1.165) is 5.56 Å². The van der Waals surface area contributed by atoms with Crippen LogP contribution in [-0.2, 0) is 16.0 Å². The van der Waals surface area contributed by atoms with Gasteiger partial charge in [0.25, 0.3) is 6.54 Å². The first kappa shape index (κ1) is 18.6. The molecule has 0 aliphatic carbocycles. The molecule has 1 amide bonds. The fourth-order valence-electron chi connectivity index (χ4n) is 1.96. The first-order valence-corrected chi connectivity index (χ1v) is 7.35. The second-order valence-electron chi connectivity index (χ2n) is 6.18. The zero-order valence-corrected chi connectivity index (χ0v) is 13.6. The van der Waals surface area contributed by atoms with Crippen LogP contribution in [0.1, 0.15) is 32.8 Å². The molecule has 7 heteroatoms. The Kier molecular flexibility index (Phi) is 6.68. The standard InChI is InChI=1S/C16H22N2O5/c1-16(2,3)23-15(20)17-13(14(19)11-18(21)22)10-9-12-7-5-4-6-8-12/h4-8,13H,9-11H2,1-3H3,(H,17,20). The number of ketones is 1. The Labute approximate surface area is 135 Å².